The van der Waals surface area contributed by atoms with E-state index in [1.54, 1.807) is 0 Å². The molecule has 0 aromatic carbocycles. The van der Waals surface area contributed by atoms with Gasteiger partial charge in [0.05, 0.1) is 7.11 Å². The maximum absolute atomic E-state index is 11.3. The van der Waals surface area contributed by atoms with Crippen LogP contribution in [-0.4, -0.2) is 50.2 Å². The van der Waals surface area contributed by atoms with Gasteiger partial charge in [0, 0.05) is 6.04 Å². The Morgan fingerprint density at radius 3 is 2.50 bits per heavy atom. The van der Waals surface area contributed by atoms with Crippen molar-refractivity contribution in [2.45, 2.75) is 45.7 Å². The Morgan fingerprint density at radius 1 is 1.44 bits per heavy atom. The van der Waals surface area contributed by atoms with Crippen molar-refractivity contribution in [3.63, 3.8) is 0 Å². The van der Waals surface area contributed by atoms with Crippen LogP contribution in [0, 0.1) is 0 Å². The molecule has 1 unspecified atom stereocenters. The number of ether oxygens (including phenoxy) is 1. The summed E-state index contributed by atoms with van der Waals surface area (Å²) in [6, 6.07) is 0.414. The van der Waals surface area contributed by atoms with Gasteiger partial charge in [-0.2, -0.15) is 0 Å². The highest BCUT2D eigenvalue weighted by atomic mass is 16.5. The molecule has 0 aliphatic carbocycles. The van der Waals surface area contributed by atoms with E-state index in [1.165, 1.54) is 7.11 Å². The van der Waals surface area contributed by atoms with Gasteiger partial charge in [0.15, 0.2) is 0 Å². The summed E-state index contributed by atoms with van der Waals surface area (Å²) in [5.74, 6) is -0.167. The van der Waals surface area contributed by atoms with Gasteiger partial charge < -0.3 is 15.0 Å². The van der Waals surface area contributed by atoms with Gasteiger partial charge in [-0.3, -0.25) is 4.79 Å². The zero-order valence-corrected chi connectivity index (χ0v) is 11.2. The second-order valence-electron chi connectivity index (χ2n) is 4.37. The number of hydrogen-bond donors (Lipinski definition) is 1. The molecule has 1 N–H and O–H groups in total. The quantitative estimate of drug-likeness (QED) is 0.503. The van der Waals surface area contributed by atoms with Crippen molar-refractivity contribution in [1.82, 2.24) is 10.2 Å². The lowest BCUT2D eigenvalue weighted by Gasteiger charge is -2.21. The minimum atomic E-state index is -0.167. The van der Waals surface area contributed by atoms with Gasteiger partial charge >= 0.3 is 5.97 Å². The highest BCUT2D eigenvalue weighted by Gasteiger charge is 2.15. The lowest BCUT2D eigenvalue weighted by atomic mass is 10.2. The van der Waals surface area contributed by atoms with Crippen LogP contribution in [-0.2, 0) is 9.53 Å². The molecular weight excluding hydrogens is 204 g/mol. The molecule has 0 saturated heterocycles. The van der Waals surface area contributed by atoms with Crippen molar-refractivity contribution < 1.29 is 9.53 Å². The van der Waals surface area contributed by atoms with Crippen LogP contribution in [0.25, 0.3) is 0 Å². The molecule has 96 valence electrons. The van der Waals surface area contributed by atoms with Crippen molar-refractivity contribution in [3.05, 3.63) is 0 Å². The van der Waals surface area contributed by atoms with Gasteiger partial charge in [-0.25, -0.2) is 0 Å². The summed E-state index contributed by atoms with van der Waals surface area (Å²) in [5, 5.41) is 3.21. The second kappa shape index (κ2) is 8.53. The number of rotatable bonds is 8. The molecule has 0 fully saturated rings. The lowest BCUT2D eigenvalue weighted by Crippen LogP contribution is -2.38. The number of nitrogens with zero attached hydrogens (tertiary/aromatic N) is 1. The molecule has 0 bridgehead atoms. The van der Waals surface area contributed by atoms with Gasteiger partial charge in [0.2, 0.25) is 0 Å². The van der Waals surface area contributed by atoms with Crippen molar-refractivity contribution in [1.29, 1.82) is 0 Å². The third-order valence-electron chi connectivity index (χ3n) is 2.85. The Kier molecular flexibility index (Phi) is 8.21. The molecule has 0 rings (SSSR count). The van der Waals surface area contributed by atoms with Crippen LogP contribution in [0.3, 0.4) is 0 Å². The van der Waals surface area contributed by atoms with Crippen molar-refractivity contribution >= 4 is 5.97 Å². The van der Waals surface area contributed by atoms with Crippen LogP contribution < -0.4 is 5.32 Å². The first-order chi connectivity index (χ1) is 7.52. The number of methoxy groups -OCH3 is 1. The SMILES string of the molecule is CCC(NCCCN(C)C(C)C)C(=O)OC. The first-order valence-electron chi connectivity index (χ1n) is 6.04. The largest absolute Gasteiger partial charge is 0.468 e. The molecule has 0 spiro atoms. The van der Waals surface area contributed by atoms with E-state index in [-0.39, 0.29) is 12.0 Å². The van der Waals surface area contributed by atoms with Crippen LogP contribution in [0.4, 0.5) is 0 Å². The summed E-state index contributed by atoms with van der Waals surface area (Å²) in [6.07, 6.45) is 1.81. The zero-order chi connectivity index (χ0) is 12.6. The number of carbonyl (C=O) groups is 1. The number of nitrogens with one attached hydrogen (secondary N) is 1. The molecule has 4 heteroatoms. The fourth-order valence-corrected chi connectivity index (χ4v) is 1.40. The fraction of sp³-hybridized carbons (Fsp3) is 0.917. The molecule has 0 heterocycles. The summed E-state index contributed by atoms with van der Waals surface area (Å²) in [4.78, 5) is 13.6. The fourth-order valence-electron chi connectivity index (χ4n) is 1.40. The summed E-state index contributed by atoms with van der Waals surface area (Å²) in [7, 11) is 3.54. The average molecular weight is 230 g/mol. The van der Waals surface area contributed by atoms with Gasteiger partial charge in [-0.05, 0) is 46.8 Å². The van der Waals surface area contributed by atoms with E-state index in [1.807, 2.05) is 6.92 Å². The Bertz CT molecular complexity index is 195. The standard InChI is InChI=1S/C12H26N2O2/c1-6-11(12(15)16-5)13-8-7-9-14(4)10(2)3/h10-11,13H,6-9H2,1-5H3. The monoisotopic (exact) mass is 230 g/mol. The van der Waals surface area contributed by atoms with Gasteiger partial charge in [0.1, 0.15) is 6.04 Å². The van der Waals surface area contributed by atoms with Gasteiger partial charge in [0.25, 0.3) is 0 Å². The van der Waals surface area contributed by atoms with Crippen molar-refractivity contribution in [2.75, 3.05) is 27.2 Å². The number of hydrogen-bond acceptors (Lipinski definition) is 4. The Hall–Kier alpha value is -0.610. The topological polar surface area (TPSA) is 41.6 Å². The maximum atomic E-state index is 11.3. The highest BCUT2D eigenvalue weighted by molar-refractivity contribution is 5.75. The third-order valence-corrected chi connectivity index (χ3v) is 2.85. The Morgan fingerprint density at radius 2 is 2.06 bits per heavy atom. The Balaban J connectivity index is 3.67. The van der Waals surface area contributed by atoms with Crippen LogP contribution in [0.1, 0.15) is 33.6 Å². The predicted molar refractivity (Wildman–Crippen MR) is 66.5 cm³/mol. The minimum Gasteiger partial charge on any atom is -0.468 e. The molecule has 0 aromatic heterocycles. The second-order valence-corrected chi connectivity index (χ2v) is 4.37. The molecule has 1 atom stereocenters. The molecule has 0 aliphatic rings. The van der Waals surface area contributed by atoms with Crippen LogP contribution in [0.15, 0.2) is 0 Å². The molecular formula is C12H26N2O2. The third kappa shape index (κ3) is 6.08. The first-order valence-corrected chi connectivity index (χ1v) is 6.04. The van der Waals surface area contributed by atoms with E-state index < -0.39 is 0 Å². The smallest absolute Gasteiger partial charge is 0.322 e. The van der Waals surface area contributed by atoms with Crippen molar-refractivity contribution in [3.8, 4) is 0 Å². The predicted octanol–water partition coefficient (Wildman–Crippen LogP) is 1.26. The van der Waals surface area contributed by atoms with Gasteiger partial charge in [-0.15, -0.1) is 0 Å². The Labute approximate surface area is 99.3 Å². The van der Waals surface area contributed by atoms with Gasteiger partial charge in [-0.1, -0.05) is 6.92 Å². The van der Waals surface area contributed by atoms with Crippen LogP contribution in [0.2, 0.25) is 0 Å². The van der Waals surface area contributed by atoms with E-state index in [2.05, 4.69) is 31.1 Å². The minimum absolute atomic E-state index is 0.158. The summed E-state index contributed by atoms with van der Waals surface area (Å²) in [6.45, 7) is 8.23. The molecule has 16 heavy (non-hydrogen) atoms. The normalized spacial score (nSPS) is 13.2. The molecule has 0 aliphatic heterocycles. The highest BCUT2D eigenvalue weighted by Crippen LogP contribution is 1.97. The van der Waals surface area contributed by atoms with E-state index >= 15 is 0 Å². The maximum Gasteiger partial charge on any atom is 0.322 e. The molecule has 4 nitrogen and oxygen atoms in total. The first kappa shape index (κ1) is 15.4. The number of esters is 1. The van der Waals surface area contributed by atoms with Crippen molar-refractivity contribution in [2.24, 2.45) is 0 Å². The van der Waals surface area contributed by atoms with E-state index in [0.717, 1.165) is 25.9 Å². The lowest BCUT2D eigenvalue weighted by molar-refractivity contribution is -0.143. The van der Waals surface area contributed by atoms with E-state index in [0.29, 0.717) is 6.04 Å². The van der Waals surface area contributed by atoms with Crippen LogP contribution >= 0.6 is 0 Å². The molecule has 0 aromatic rings. The molecule has 0 saturated carbocycles. The summed E-state index contributed by atoms with van der Waals surface area (Å²) >= 11 is 0. The number of carbonyl (C=O) groups excluding carboxylic acids is 1. The van der Waals surface area contributed by atoms with Crippen LogP contribution in [0.5, 0.6) is 0 Å². The van der Waals surface area contributed by atoms with E-state index in [4.69, 9.17) is 4.74 Å². The summed E-state index contributed by atoms with van der Waals surface area (Å²) < 4.78 is 4.71. The summed E-state index contributed by atoms with van der Waals surface area (Å²) in [5.41, 5.74) is 0. The molecule has 0 radical (unpaired) electrons. The van der Waals surface area contributed by atoms with E-state index in [9.17, 15) is 4.79 Å². The zero-order valence-electron chi connectivity index (χ0n) is 11.2. The molecule has 0 amide bonds. The average Bonchev–Trinajstić information content (AvgIpc) is 2.27.